The lowest BCUT2D eigenvalue weighted by atomic mass is 10.1. The van der Waals surface area contributed by atoms with E-state index in [0.717, 1.165) is 5.76 Å². The van der Waals surface area contributed by atoms with Gasteiger partial charge in [-0.1, -0.05) is 0 Å². The van der Waals surface area contributed by atoms with Crippen molar-refractivity contribution in [3.63, 3.8) is 0 Å². The van der Waals surface area contributed by atoms with Gasteiger partial charge in [0.05, 0.1) is 12.3 Å². The van der Waals surface area contributed by atoms with Crippen molar-refractivity contribution in [3.8, 4) is 0 Å². The van der Waals surface area contributed by atoms with Crippen LogP contribution in [0.25, 0.3) is 0 Å². The monoisotopic (exact) mass is 263 g/mol. The Hall–Kier alpha value is -2.11. The molecule has 19 heavy (non-hydrogen) atoms. The number of carbonyl (C=O) groups excluding carboxylic acids is 2. The van der Waals surface area contributed by atoms with Gasteiger partial charge in [-0.25, -0.2) is 5.01 Å². The van der Waals surface area contributed by atoms with Crippen LogP contribution in [0.3, 0.4) is 0 Å². The predicted molar refractivity (Wildman–Crippen MR) is 69.3 cm³/mol. The Morgan fingerprint density at radius 2 is 2.26 bits per heavy atom. The zero-order valence-electron chi connectivity index (χ0n) is 11.3. The number of amides is 2. The molecule has 0 aliphatic carbocycles. The molecule has 1 atom stereocenters. The Kier molecular flexibility index (Phi) is 3.69. The first-order chi connectivity index (χ1) is 9.00. The molecule has 0 fully saturated rings. The molecule has 1 unspecified atom stereocenters. The van der Waals surface area contributed by atoms with Crippen LogP contribution in [0.15, 0.2) is 27.9 Å². The number of hydrogen-bond acceptors (Lipinski definition) is 4. The summed E-state index contributed by atoms with van der Waals surface area (Å²) in [5, 5.41) is 5.25. The first-order valence-corrected chi connectivity index (χ1v) is 6.15. The zero-order chi connectivity index (χ0) is 14.0. The van der Waals surface area contributed by atoms with Crippen molar-refractivity contribution < 1.29 is 14.0 Å². The van der Waals surface area contributed by atoms with Gasteiger partial charge in [0.2, 0.25) is 5.91 Å². The summed E-state index contributed by atoms with van der Waals surface area (Å²) in [6.07, 6.45) is 2.29. The molecule has 0 saturated carbocycles. The number of hydrazone groups is 1. The van der Waals surface area contributed by atoms with Gasteiger partial charge in [0.25, 0.3) is 5.91 Å². The molecule has 2 rings (SSSR count). The van der Waals surface area contributed by atoms with E-state index in [0.29, 0.717) is 18.6 Å². The number of nitrogens with zero attached hydrogens (tertiary/aromatic N) is 3. The predicted octanol–water partition coefficient (Wildman–Crippen LogP) is 1.41. The van der Waals surface area contributed by atoms with Crippen LogP contribution in [0, 0.1) is 0 Å². The molecule has 0 radical (unpaired) electrons. The molecule has 0 saturated heterocycles. The third kappa shape index (κ3) is 2.67. The van der Waals surface area contributed by atoms with Gasteiger partial charge in [0.15, 0.2) is 0 Å². The van der Waals surface area contributed by atoms with E-state index in [1.165, 1.54) is 5.01 Å². The first kappa shape index (κ1) is 13.3. The Balaban J connectivity index is 2.11. The van der Waals surface area contributed by atoms with Gasteiger partial charge >= 0.3 is 0 Å². The van der Waals surface area contributed by atoms with Crippen LogP contribution in [0.5, 0.6) is 0 Å². The van der Waals surface area contributed by atoms with E-state index in [2.05, 4.69) is 5.10 Å². The third-order valence-corrected chi connectivity index (χ3v) is 3.31. The fourth-order valence-electron chi connectivity index (χ4n) is 1.92. The minimum Gasteiger partial charge on any atom is -0.467 e. The lowest BCUT2D eigenvalue weighted by molar-refractivity contribution is -0.130. The van der Waals surface area contributed by atoms with E-state index in [-0.39, 0.29) is 17.9 Å². The highest BCUT2D eigenvalue weighted by Gasteiger charge is 2.27. The van der Waals surface area contributed by atoms with Crippen molar-refractivity contribution in [2.75, 3.05) is 14.1 Å². The fraction of sp³-hybridized carbons (Fsp3) is 0.462. The molecule has 0 spiro atoms. The van der Waals surface area contributed by atoms with Crippen molar-refractivity contribution in [1.82, 2.24) is 9.91 Å². The second-order valence-corrected chi connectivity index (χ2v) is 4.57. The molecule has 0 bridgehead atoms. The average molecular weight is 263 g/mol. The Morgan fingerprint density at radius 1 is 1.53 bits per heavy atom. The molecule has 6 heteroatoms. The number of furan rings is 1. The Bertz CT molecular complexity index is 507. The largest absolute Gasteiger partial charge is 0.467 e. The maximum absolute atomic E-state index is 12.3. The van der Waals surface area contributed by atoms with Crippen LogP contribution in [0.1, 0.15) is 31.6 Å². The molecule has 2 heterocycles. The van der Waals surface area contributed by atoms with Gasteiger partial charge < -0.3 is 9.32 Å². The Labute approximate surface area is 111 Å². The van der Waals surface area contributed by atoms with Crippen LogP contribution in [-0.4, -0.2) is 41.5 Å². The van der Waals surface area contributed by atoms with Crippen molar-refractivity contribution >= 4 is 17.5 Å². The van der Waals surface area contributed by atoms with Gasteiger partial charge in [-0.05, 0) is 19.1 Å². The maximum atomic E-state index is 12.3. The van der Waals surface area contributed by atoms with Gasteiger partial charge in [-0.3, -0.25) is 9.59 Å². The second-order valence-electron chi connectivity index (χ2n) is 4.57. The lowest BCUT2D eigenvalue weighted by Crippen LogP contribution is -2.39. The number of rotatable bonds is 3. The molecule has 2 amide bonds. The summed E-state index contributed by atoms with van der Waals surface area (Å²) in [7, 11) is 3.26. The lowest BCUT2D eigenvalue weighted by Gasteiger charge is -2.26. The van der Waals surface area contributed by atoms with E-state index in [1.54, 1.807) is 31.3 Å². The van der Waals surface area contributed by atoms with Crippen molar-refractivity contribution in [2.24, 2.45) is 5.10 Å². The van der Waals surface area contributed by atoms with Gasteiger partial charge in [-0.2, -0.15) is 5.10 Å². The topological polar surface area (TPSA) is 66.1 Å². The van der Waals surface area contributed by atoms with E-state index in [4.69, 9.17) is 4.42 Å². The van der Waals surface area contributed by atoms with E-state index in [9.17, 15) is 9.59 Å². The van der Waals surface area contributed by atoms with Crippen LogP contribution < -0.4 is 0 Å². The number of carbonyl (C=O) groups is 2. The van der Waals surface area contributed by atoms with Crippen LogP contribution in [-0.2, 0) is 9.59 Å². The summed E-state index contributed by atoms with van der Waals surface area (Å²) in [6.45, 7) is 1.88. The summed E-state index contributed by atoms with van der Waals surface area (Å²) in [5.41, 5.74) is 0.406. The molecule has 1 aromatic rings. The molecule has 0 N–H and O–H groups in total. The molecule has 1 aliphatic rings. The average Bonchev–Trinajstić information content (AvgIpc) is 2.93. The van der Waals surface area contributed by atoms with Crippen molar-refractivity contribution in [1.29, 1.82) is 0 Å². The Morgan fingerprint density at radius 3 is 2.84 bits per heavy atom. The van der Waals surface area contributed by atoms with Crippen LogP contribution in [0.2, 0.25) is 0 Å². The fourth-order valence-corrected chi connectivity index (χ4v) is 1.92. The molecule has 102 valence electrons. The second kappa shape index (κ2) is 5.26. The molecule has 0 aromatic carbocycles. The third-order valence-electron chi connectivity index (χ3n) is 3.31. The SMILES string of the molecule is CC(c1ccco1)N(C)C(=O)C1=NN(C)C(=O)CC1. The highest BCUT2D eigenvalue weighted by molar-refractivity contribution is 6.39. The first-order valence-electron chi connectivity index (χ1n) is 6.15. The van der Waals surface area contributed by atoms with Gasteiger partial charge in [-0.15, -0.1) is 0 Å². The standard InChI is InChI=1S/C13H17N3O3/c1-9(11-5-4-8-19-11)15(2)13(18)10-6-7-12(17)16(3)14-10/h4-5,8-9H,6-7H2,1-3H3. The summed E-state index contributed by atoms with van der Waals surface area (Å²) in [6, 6.07) is 3.44. The number of hydrogen-bond donors (Lipinski definition) is 0. The van der Waals surface area contributed by atoms with Crippen LogP contribution in [0.4, 0.5) is 0 Å². The van der Waals surface area contributed by atoms with Gasteiger partial charge in [0, 0.05) is 26.9 Å². The smallest absolute Gasteiger partial charge is 0.270 e. The molecular weight excluding hydrogens is 246 g/mol. The highest BCUT2D eigenvalue weighted by atomic mass is 16.3. The quantitative estimate of drug-likeness (QED) is 0.828. The normalized spacial score (nSPS) is 17.1. The summed E-state index contributed by atoms with van der Waals surface area (Å²) < 4.78 is 5.29. The molecule has 1 aliphatic heterocycles. The summed E-state index contributed by atoms with van der Waals surface area (Å²) >= 11 is 0. The molecule has 6 nitrogen and oxygen atoms in total. The minimum absolute atomic E-state index is 0.0710. The van der Waals surface area contributed by atoms with Crippen molar-refractivity contribution in [3.05, 3.63) is 24.2 Å². The van der Waals surface area contributed by atoms with E-state index in [1.807, 2.05) is 13.0 Å². The van der Waals surface area contributed by atoms with Crippen LogP contribution >= 0.6 is 0 Å². The highest BCUT2D eigenvalue weighted by Crippen LogP contribution is 2.20. The van der Waals surface area contributed by atoms with Gasteiger partial charge in [0.1, 0.15) is 11.5 Å². The summed E-state index contributed by atoms with van der Waals surface area (Å²) in [5.74, 6) is 0.471. The summed E-state index contributed by atoms with van der Waals surface area (Å²) in [4.78, 5) is 25.2. The minimum atomic E-state index is -0.178. The maximum Gasteiger partial charge on any atom is 0.270 e. The van der Waals surface area contributed by atoms with E-state index >= 15 is 0 Å². The van der Waals surface area contributed by atoms with E-state index < -0.39 is 0 Å². The zero-order valence-corrected chi connectivity index (χ0v) is 11.3. The molecule has 1 aromatic heterocycles. The van der Waals surface area contributed by atoms with Crippen molar-refractivity contribution in [2.45, 2.75) is 25.8 Å². The molecular formula is C13H17N3O3.